The lowest BCUT2D eigenvalue weighted by molar-refractivity contribution is -0.134. The number of carboxylic acid groups (broad SMARTS) is 1. The van der Waals surface area contributed by atoms with E-state index in [0.29, 0.717) is 18.3 Å². The van der Waals surface area contributed by atoms with Gasteiger partial charge in [-0.05, 0) is 6.92 Å². The highest BCUT2D eigenvalue weighted by molar-refractivity contribution is 5.72. The Hall–Kier alpha value is -1.85. The number of ether oxygens (including phenoxy) is 1. The first-order chi connectivity index (χ1) is 6.72. The molecule has 0 saturated carbocycles. The average molecular weight is 197 g/mol. The highest BCUT2D eigenvalue weighted by Crippen LogP contribution is 2.06. The summed E-state index contributed by atoms with van der Waals surface area (Å²) in [5, 5.41) is 11.0. The summed E-state index contributed by atoms with van der Waals surface area (Å²) in [5.74, 6) is -0.107. The molecule has 1 aromatic heterocycles. The van der Waals surface area contributed by atoms with Gasteiger partial charge in [0.2, 0.25) is 5.88 Å². The maximum atomic E-state index is 10.2. The Balaban J connectivity index is 2.50. The maximum Gasteiger partial charge on any atom is 0.322 e. The lowest BCUT2D eigenvalue weighted by atomic mass is 10.6. The number of carbonyl (C=O) groups is 1. The Labute approximate surface area is 80.9 Å². The Kier molecular flexibility index (Phi) is 3.66. The predicted octanol–water partition coefficient (Wildman–Crippen LogP) is 0.372. The fourth-order valence-electron chi connectivity index (χ4n) is 0.796. The molecule has 0 amide bonds. The SMILES string of the molecule is CCOc1cnc(NCC(=O)O)cn1. The molecule has 0 atom stereocenters. The summed E-state index contributed by atoms with van der Waals surface area (Å²) in [7, 11) is 0. The third-order valence-corrected chi connectivity index (χ3v) is 1.34. The van der Waals surface area contributed by atoms with Gasteiger partial charge >= 0.3 is 5.97 Å². The van der Waals surface area contributed by atoms with Crippen LogP contribution >= 0.6 is 0 Å². The molecule has 0 radical (unpaired) electrons. The Morgan fingerprint density at radius 3 is 2.86 bits per heavy atom. The van der Waals surface area contributed by atoms with E-state index in [1.54, 1.807) is 0 Å². The fraction of sp³-hybridized carbons (Fsp3) is 0.375. The smallest absolute Gasteiger partial charge is 0.322 e. The van der Waals surface area contributed by atoms with E-state index in [0.717, 1.165) is 0 Å². The highest BCUT2D eigenvalue weighted by Gasteiger charge is 1.99. The van der Waals surface area contributed by atoms with Crippen LogP contribution in [0.25, 0.3) is 0 Å². The average Bonchev–Trinajstić information content (AvgIpc) is 2.17. The van der Waals surface area contributed by atoms with E-state index >= 15 is 0 Å². The molecule has 0 spiro atoms. The number of carboxylic acids is 1. The zero-order valence-corrected chi connectivity index (χ0v) is 7.73. The van der Waals surface area contributed by atoms with Crippen LogP contribution in [-0.2, 0) is 4.79 Å². The van der Waals surface area contributed by atoms with E-state index in [1.807, 2.05) is 6.92 Å². The van der Waals surface area contributed by atoms with Crippen LogP contribution in [0.1, 0.15) is 6.92 Å². The molecule has 0 saturated heterocycles. The van der Waals surface area contributed by atoms with Gasteiger partial charge in [0.15, 0.2) is 0 Å². The van der Waals surface area contributed by atoms with E-state index in [1.165, 1.54) is 12.4 Å². The minimum absolute atomic E-state index is 0.178. The number of nitrogens with zero attached hydrogens (tertiary/aromatic N) is 2. The standard InChI is InChI=1S/C8H11N3O3/c1-2-14-7-4-9-6(3-11-7)10-5-8(12)13/h3-4H,2,5H2,1H3,(H,9,10)(H,12,13). The number of aliphatic carboxylic acids is 1. The van der Waals surface area contributed by atoms with Crippen LogP contribution in [0, 0.1) is 0 Å². The van der Waals surface area contributed by atoms with E-state index in [4.69, 9.17) is 9.84 Å². The van der Waals surface area contributed by atoms with Crippen molar-refractivity contribution < 1.29 is 14.6 Å². The first-order valence-electron chi connectivity index (χ1n) is 4.13. The zero-order valence-electron chi connectivity index (χ0n) is 7.73. The van der Waals surface area contributed by atoms with E-state index in [-0.39, 0.29) is 6.54 Å². The molecule has 0 bridgehead atoms. The van der Waals surface area contributed by atoms with Crippen molar-refractivity contribution in [3.05, 3.63) is 12.4 Å². The molecule has 1 heterocycles. The molecule has 0 aliphatic carbocycles. The number of anilines is 1. The lowest BCUT2D eigenvalue weighted by Gasteiger charge is -2.03. The van der Waals surface area contributed by atoms with Gasteiger partial charge in [0, 0.05) is 0 Å². The highest BCUT2D eigenvalue weighted by atomic mass is 16.5. The Bertz CT molecular complexity index is 299. The number of rotatable bonds is 5. The predicted molar refractivity (Wildman–Crippen MR) is 49.3 cm³/mol. The molecule has 6 nitrogen and oxygen atoms in total. The molecule has 0 aliphatic rings. The van der Waals surface area contributed by atoms with Gasteiger partial charge in [-0.25, -0.2) is 9.97 Å². The van der Waals surface area contributed by atoms with E-state index in [9.17, 15) is 4.79 Å². The van der Waals surface area contributed by atoms with Crippen LogP contribution in [0.2, 0.25) is 0 Å². The van der Waals surface area contributed by atoms with Crippen LogP contribution in [0.5, 0.6) is 5.88 Å². The molecule has 14 heavy (non-hydrogen) atoms. The van der Waals surface area contributed by atoms with Gasteiger partial charge in [-0.3, -0.25) is 4.79 Å². The number of hydrogen-bond donors (Lipinski definition) is 2. The first-order valence-corrected chi connectivity index (χ1v) is 4.13. The van der Waals surface area contributed by atoms with Crippen LogP contribution < -0.4 is 10.1 Å². The van der Waals surface area contributed by atoms with Gasteiger partial charge in [-0.1, -0.05) is 0 Å². The van der Waals surface area contributed by atoms with Crippen LogP contribution in [0.15, 0.2) is 12.4 Å². The van der Waals surface area contributed by atoms with Crippen molar-refractivity contribution in [1.29, 1.82) is 0 Å². The largest absolute Gasteiger partial charge is 0.480 e. The van der Waals surface area contributed by atoms with Gasteiger partial charge < -0.3 is 15.2 Å². The van der Waals surface area contributed by atoms with Crippen molar-refractivity contribution in [3.8, 4) is 5.88 Å². The molecule has 6 heteroatoms. The van der Waals surface area contributed by atoms with Crippen LogP contribution in [0.4, 0.5) is 5.82 Å². The van der Waals surface area contributed by atoms with Gasteiger partial charge in [-0.15, -0.1) is 0 Å². The molecular formula is C8H11N3O3. The quantitative estimate of drug-likeness (QED) is 0.709. The molecule has 0 aromatic carbocycles. The summed E-state index contributed by atoms with van der Waals surface area (Å²) in [6.45, 7) is 2.19. The summed E-state index contributed by atoms with van der Waals surface area (Å²) < 4.78 is 5.07. The van der Waals surface area contributed by atoms with E-state index in [2.05, 4.69) is 15.3 Å². The van der Waals surface area contributed by atoms with Gasteiger partial charge in [0.1, 0.15) is 12.4 Å². The maximum absolute atomic E-state index is 10.2. The molecule has 1 aromatic rings. The lowest BCUT2D eigenvalue weighted by Crippen LogP contribution is -2.13. The Morgan fingerprint density at radius 1 is 1.57 bits per heavy atom. The third-order valence-electron chi connectivity index (χ3n) is 1.34. The summed E-state index contributed by atoms with van der Waals surface area (Å²) in [5.41, 5.74) is 0. The van der Waals surface area contributed by atoms with Crippen molar-refractivity contribution in [2.75, 3.05) is 18.5 Å². The second-order valence-corrected chi connectivity index (χ2v) is 2.42. The second kappa shape index (κ2) is 5.00. The monoisotopic (exact) mass is 197 g/mol. The zero-order chi connectivity index (χ0) is 10.4. The van der Waals surface area contributed by atoms with Crippen molar-refractivity contribution in [2.24, 2.45) is 0 Å². The normalized spacial score (nSPS) is 9.50. The number of nitrogens with one attached hydrogen (secondary N) is 1. The summed E-state index contributed by atoms with van der Waals surface area (Å²) in [4.78, 5) is 18.0. The molecule has 76 valence electrons. The molecule has 2 N–H and O–H groups in total. The summed E-state index contributed by atoms with van der Waals surface area (Å²) in [6, 6.07) is 0. The van der Waals surface area contributed by atoms with Gasteiger partial charge in [-0.2, -0.15) is 0 Å². The van der Waals surface area contributed by atoms with Crippen molar-refractivity contribution in [3.63, 3.8) is 0 Å². The minimum Gasteiger partial charge on any atom is -0.480 e. The van der Waals surface area contributed by atoms with Crippen LogP contribution in [-0.4, -0.2) is 34.2 Å². The first kappa shape index (κ1) is 10.2. The summed E-state index contributed by atoms with van der Waals surface area (Å²) >= 11 is 0. The summed E-state index contributed by atoms with van der Waals surface area (Å²) in [6.07, 6.45) is 2.86. The Morgan fingerprint density at radius 2 is 2.36 bits per heavy atom. The van der Waals surface area contributed by atoms with Gasteiger partial charge in [0.25, 0.3) is 0 Å². The second-order valence-electron chi connectivity index (χ2n) is 2.42. The molecule has 0 unspecified atom stereocenters. The fourth-order valence-corrected chi connectivity index (χ4v) is 0.796. The van der Waals surface area contributed by atoms with Crippen molar-refractivity contribution in [2.45, 2.75) is 6.92 Å². The molecule has 1 rings (SSSR count). The molecular weight excluding hydrogens is 186 g/mol. The number of aromatic nitrogens is 2. The number of hydrogen-bond acceptors (Lipinski definition) is 5. The third kappa shape index (κ3) is 3.26. The molecule has 0 aliphatic heterocycles. The topological polar surface area (TPSA) is 84.3 Å². The van der Waals surface area contributed by atoms with Gasteiger partial charge in [0.05, 0.1) is 19.0 Å². The van der Waals surface area contributed by atoms with Crippen molar-refractivity contribution in [1.82, 2.24) is 9.97 Å². The van der Waals surface area contributed by atoms with Crippen LogP contribution in [0.3, 0.4) is 0 Å². The van der Waals surface area contributed by atoms with Crippen molar-refractivity contribution >= 4 is 11.8 Å². The molecule has 0 fully saturated rings. The van der Waals surface area contributed by atoms with E-state index < -0.39 is 5.97 Å². The minimum atomic E-state index is -0.944.